The van der Waals surface area contributed by atoms with Crippen LogP contribution in [0.1, 0.15) is 5.56 Å². The van der Waals surface area contributed by atoms with Crippen LogP contribution in [0.5, 0.6) is 0 Å². The van der Waals surface area contributed by atoms with Crippen LogP contribution in [0.15, 0.2) is 30.9 Å². The fourth-order valence-corrected chi connectivity index (χ4v) is 2.00. The lowest BCUT2D eigenvalue weighted by molar-refractivity contribution is 0.613. The van der Waals surface area contributed by atoms with E-state index in [9.17, 15) is 4.39 Å². The highest BCUT2D eigenvalue weighted by Crippen LogP contribution is 2.21. The van der Waals surface area contributed by atoms with Crippen LogP contribution in [0.4, 0.5) is 10.2 Å². The van der Waals surface area contributed by atoms with Crippen LogP contribution in [0.2, 0.25) is 5.02 Å². The molecule has 1 aromatic carbocycles. The van der Waals surface area contributed by atoms with Crippen molar-refractivity contribution in [2.45, 2.75) is 6.54 Å². The Labute approximate surface area is 112 Å². The average molecular weight is 278 g/mol. The van der Waals surface area contributed by atoms with Gasteiger partial charge in [0.15, 0.2) is 11.5 Å². The fraction of sp³-hybridized carbons (Fsp3) is 0.0833. The van der Waals surface area contributed by atoms with Crippen molar-refractivity contribution in [3.8, 4) is 0 Å². The molecule has 0 aliphatic carbocycles. The first-order chi connectivity index (χ1) is 9.25. The number of hydrogen-bond acceptors (Lipinski definition) is 4. The van der Waals surface area contributed by atoms with Gasteiger partial charge in [0.2, 0.25) is 0 Å². The Morgan fingerprint density at radius 1 is 1.26 bits per heavy atom. The highest BCUT2D eigenvalue weighted by molar-refractivity contribution is 6.31. The van der Waals surface area contributed by atoms with Crippen molar-refractivity contribution < 1.29 is 4.39 Å². The molecule has 0 aliphatic rings. The van der Waals surface area contributed by atoms with Crippen LogP contribution in [-0.2, 0) is 6.54 Å². The van der Waals surface area contributed by atoms with Gasteiger partial charge in [-0.05, 0) is 12.1 Å². The number of imidazole rings is 1. The fourth-order valence-electron chi connectivity index (χ4n) is 1.77. The van der Waals surface area contributed by atoms with Gasteiger partial charge in [-0.15, -0.1) is 0 Å². The molecule has 5 nitrogen and oxygen atoms in total. The number of rotatable bonds is 3. The lowest BCUT2D eigenvalue weighted by atomic mass is 10.2. The molecule has 0 aliphatic heterocycles. The number of hydrogen-bond donors (Lipinski definition) is 2. The minimum absolute atomic E-state index is 0.233. The van der Waals surface area contributed by atoms with Crippen LogP contribution >= 0.6 is 11.6 Å². The van der Waals surface area contributed by atoms with E-state index in [1.807, 2.05) is 0 Å². The Morgan fingerprint density at radius 3 is 3.00 bits per heavy atom. The minimum Gasteiger partial charge on any atom is -0.364 e. The molecule has 3 rings (SSSR count). The number of nitrogens with zero attached hydrogens (tertiary/aromatic N) is 3. The average Bonchev–Trinajstić information content (AvgIpc) is 2.87. The van der Waals surface area contributed by atoms with Gasteiger partial charge >= 0.3 is 0 Å². The molecule has 2 N–H and O–H groups in total. The molecule has 0 bridgehead atoms. The van der Waals surface area contributed by atoms with Crippen molar-refractivity contribution in [1.29, 1.82) is 0 Å². The molecule has 0 saturated heterocycles. The first kappa shape index (κ1) is 11.9. The van der Waals surface area contributed by atoms with E-state index in [-0.39, 0.29) is 12.4 Å². The maximum Gasteiger partial charge on any atom is 0.182 e. The third kappa shape index (κ3) is 2.22. The summed E-state index contributed by atoms with van der Waals surface area (Å²) in [6, 6.07) is 4.58. The van der Waals surface area contributed by atoms with E-state index in [0.717, 1.165) is 0 Å². The standard InChI is InChI=1S/C12H9ClFN5/c13-8-2-1-3-9(14)7(8)4-15-11-10-12(17-5-16-10)19-6-18-11/h1-3,5-6H,4H2,(H2,15,16,17,18,19). The highest BCUT2D eigenvalue weighted by atomic mass is 35.5. The lowest BCUT2D eigenvalue weighted by Gasteiger charge is -2.08. The Bertz CT molecular complexity index is 707. The molecule has 0 fully saturated rings. The van der Waals surface area contributed by atoms with E-state index in [0.29, 0.717) is 27.6 Å². The number of nitrogens with one attached hydrogen (secondary N) is 2. The van der Waals surface area contributed by atoms with Crippen LogP contribution in [-0.4, -0.2) is 19.9 Å². The van der Waals surface area contributed by atoms with Crippen LogP contribution in [0.3, 0.4) is 0 Å². The zero-order chi connectivity index (χ0) is 13.2. The molecule has 2 aromatic heterocycles. The lowest BCUT2D eigenvalue weighted by Crippen LogP contribution is -2.05. The van der Waals surface area contributed by atoms with E-state index < -0.39 is 0 Å². The minimum atomic E-state index is -0.352. The summed E-state index contributed by atoms with van der Waals surface area (Å²) in [5.74, 6) is 0.205. The largest absolute Gasteiger partial charge is 0.364 e. The molecule has 0 saturated carbocycles. The molecule has 0 spiro atoms. The van der Waals surface area contributed by atoms with Crippen molar-refractivity contribution in [3.05, 3.63) is 47.3 Å². The first-order valence-electron chi connectivity index (χ1n) is 5.56. The second kappa shape index (κ2) is 4.81. The summed E-state index contributed by atoms with van der Waals surface area (Å²) in [5.41, 5.74) is 1.63. The maximum absolute atomic E-state index is 13.6. The van der Waals surface area contributed by atoms with E-state index in [1.165, 1.54) is 18.7 Å². The quantitative estimate of drug-likeness (QED) is 0.772. The Morgan fingerprint density at radius 2 is 2.16 bits per heavy atom. The normalized spacial score (nSPS) is 10.8. The van der Waals surface area contributed by atoms with Gasteiger partial charge < -0.3 is 10.3 Å². The number of fused-ring (bicyclic) bond motifs is 1. The predicted molar refractivity (Wildman–Crippen MR) is 70.4 cm³/mol. The van der Waals surface area contributed by atoms with Crippen LogP contribution in [0, 0.1) is 5.82 Å². The summed E-state index contributed by atoms with van der Waals surface area (Å²) < 4.78 is 13.6. The summed E-state index contributed by atoms with van der Waals surface area (Å²) in [6.07, 6.45) is 2.93. The van der Waals surface area contributed by atoms with E-state index in [1.54, 1.807) is 12.1 Å². The van der Waals surface area contributed by atoms with Gasteiger partial charge in [-0.25, -0.2) is 19.3 Å². The Kier molecular flexibility index (Phi) is 3.00. The number of halogens is 2. The van der Waals surface area contributed by atoms with Gasteiger partial charge in [-0.2, -0.15) is 0 Å². The number of benzene rings is 1. The molecular formula is C12H9ClFN5. The second-order valence-electron chi connectivity index (χ2n) is 3.88. The molecule has 96 valence electrons. The Balaban J connectivity index is 1.88. The maximum atomic E-state index is 13.6. The molecule has 0 radical (unpaired) electrons. The summed E-state index contributed by atoms with van der Waals surface area (Å²) >= 11 is 5.96. The van der Waals surface area contributed by atoms with Crippen molar-refractivity contribution in [1.82, 2.24) is 19.9 Å². The molecule has 0 unspecified atom stereocenters. The van der Waals surface area contributed by atoms with Gasteiger partial charge in [-0.1, -0.05) is 17.7 Å². The van der Waals surface area contributed by atoms with E-state index in [4.69, 9.17) is 11.6 Å². The van der Waals surface area contributed by atoms with E-state index in [2.05, 4.69) is 25.3 Å². The zero-order valence-electron chi connectivity index (χ0n) is 9.69. The molecule has 7 heteroatoms. The number of H-pyrrole nitrogens is 1. The van der Waals surface area contributed by atoms with Crippen LogP contribution < -0.4 is 5.32 Å². The topological polar surface area (TPSA) is 66.5 Å². The van der Waals surface area contributed by atoms with E-state index >= 15 is 0 Å². The molecular weight excluding hydrogens is 269 g/mol. The zero-order valence-corrected chi connectivity index (χ0v) is 10.4. The number of aromatic amines is 1. The van der Waals surface area contributed by atoms with Crippen molar-refractivity contribution >= 4 is 28.6 Å². The molecule has 2 heterocycles. The first-order valence-corrected chi connectivity index (χ1v) is 5.94. The smallest absolute Gasteiger partial charge is 0.182 e. The summed E-state index contributed by atoms with van der Waals surface area (Å²) in [4.78, 5) is 15.0. The SMILES string of the molecule is Fc1cccc(Cl)c1CNc1ncnc2nc[nH]c12. The summed E-state index contributed by atoms with van der Waals surface area (Å²) in [6.45, 7) is 0.233. The second-order valence-corrected chi connectivity index (χ2v) is 4.28. The summed E-state index contributed by atoms with van der Waals surface area (Å²) in [7, 11) is 0. The molecule has 0 atom stereocenters. The molecule has 0 amide bonds. The van der Waals surface area contributed by atoms with Crippen LogP contribution in [0.25, 0.3) is 11.2 Å². The summed E-state index contributed by atoms with van der Waals surface area (Å²) in [5, 5.41) is 3.40. The third-order valence-electron chi connectivity index (χ3n) is 2.72. The van der Waals surface area contributed by atoms with Gasteiger partial charge in [0.1, 0.15) is 17.7 Å². The number of anilines is 1. The molecule has 19 heavy (non-hydrogen) atoms. The Hall–Kier alpha value is -2.21. The third-order valence-corrected chi connectivity index (χ3v) is 3.07. The monoisotopic (exact) mass is 277 g/mol. The van der Waals surface area contributed by atoms with Gasteiger partial charge in [0.25, 0.3) is 0 Å². The van der Waals surface area contributed by atoms with Crippen molar-refractivity contribution in [2.24, 2.45) is 0 Å². The van der Waals surface area contributed by atoms with Crippen molar-refractivity contribution in [2.75, 3.05) is 5.32 Å². The number of aromatic nitrogens is 4. The highest BCUT2D eigenvalue weighted by Gasteiger charge is 2.09. The van der Waals surface area contributed by atoms with Gasteiger partial charge in [0.05, 0.1) is 6.33 Å². The van der Waals surface area contributed by atoms with Gasteiger partial charge in [-0.3, -0.25) is 0 Å². The molecule has 3 aromatic rings. The predicted octanol–water partition coefficient (Wildman–Crippen LogP) is 2.76. The van der Waals surface area contributed by atoms with Gasteiger partial charge in [0, 0.05) is 17.1 Å². The van der Waals surface area contributed by atoms with Crippen molar-refractivity contribution in [3.63, 3.8) is 0 Å².